The molecule has 4 aromatic rings. The average molecular weight is 695 g/mol. The minimum Gasteiger partial charge on any atom is -0.521 e. The van der Waals surface area contributed by atoms with Gasteiger partial charge in [-0.15, -0.1) is 6.42 Å². The number of aliphatic hydroxyl groups is 1. The first-order chi connectivity index (χ1) is 23.0. The minimum absolute atomic E-state index is 0.0259. The third-order valence-corrected chi connectivity index (χ3v) is 14.7. The predicted molar refractivity (Wildman–Crippen MR) is 201 cm³/mol. The van der Waals surface area contributed by atoms with Crippen LogP contribution >= 0.6 is 0 Å². The van der Waals surface area contributed by atoms with Crippen LogP contribution in [0.2, 0.25) is 26.2 Å². The van der Waals surface area contributed by atoms with Gasteiger partial charge in [0.15, 0.2) is 5.60 Å². The lowest BCUT2D eigenvalue weighted by Crippen LogP contribution is -2.52. The summed E-state index contributed by atoms with van der Waals surface area (Å²) >= 11 is 0. The first-order valence-corrected chi connectivity index (χ1v) is 22.7. The summed E-state index contributed by atoms with van der Waals surface area (Å²) in [7, 11) is -5.22. The van der Waals surface area contributed by atoms with Crippen molar-refractivity contribution in [3.05, 3.63) is 108 Å². The lowest BCUT2D eigenvalue weighted by molar-refractivity contribution is -0.0268. The van der Waals surface area contributed by atoms with E-state index in [2.05, 4.69) is 31.9 Å². The Balaban J connectivity index is 1.40. The highest BCUT2D eigenvalue weighted by Crippen LogP contribution is 2.44. The van der Waals surface area contributed by atoms with Crippen LogP contribution in [0.5, 0.6) is 34.5 Å². The first-order valence-electron chi connectivity index (χ1n) is 17.0. The fraction of sp³-hybridized carbons (Fsp3) is 0.366. The summed E-state index contributed by atoms with van der Waals surface area (Å²) in [4.78, 5) is 0. The van der Waals surface area contributed by atoms with Crippen molar-refractivity contribution in [1.29, 1.82) is 0 Å². The van der Waals surface area contributed by atoms with Crippen molar-refractivity contribution in [3.63, 3.8) is 0 Å². The molecule has 0 fully saturated rings. The molecule has 7 heterocycles. The monoisotopic (exact) mass is 694 g/mol. The van der Waals surface area contributed by atoms with Gasteiger partial charge in [0.2, 0.25) is 0 Å². The Bertz CT molecular complexity index is 1740. The molecule has 49 heavy (non-hydrogen) atoms. The Morgan fingerprint density at radius 2 is 0.898 bits per heavy atom. The quantitative estimate of drug-likeness (QED) is 0.146. The Kier molecular flexibility index (Phi) is 10.4. The maximum Gasteiger partial charge on any atom is 0.384 e. The van der Waals surface area contributed by atoms with Crippen LogP contribution in [0.25, 0.3) is 0 Å². The maximum absolute atomic E-state index is 11.9. The van der Waals surface area contributed by atoms with E-state index >= 15 is 0 Å². The molecule has 1 atom stereocenters. The van der Waals surface area contributed by atoms with Gasteiger partial charge in [0.1, 0.15) is 34.5 Å². The van der Waals surface area contributed by atoms with Crippen LogP contribution < -0.4 is 18.3 Å². The molecule has 0 amide bonds. The van der Waals surface area contributed by atoms with E-state index in [1.165, 1.54) is 5.56 Å². The summed E-state index contributed by atoms with van der Waals surface area (Å²) in [5, 5.41) is 11.9. The standard InChI is InChI=1S/C41H50O6Si2/c1-10-41(42)32-15-19-34(20-16-32)44-36-23-27-38(28-24-36)46-49(8,9)47-48(6,7)45-37-25-21-35(22-26-37)43-33-17-13-31(14-18-33)39(2,3)29-11-12-30-40(41,4)5/h1,13-28,42H,11-12,29-30H2,2-9H3. The highest BCUT2D eigenvalue weighted by molar-refractivity contribution is 6.79. The first kappa shape index (κ1) is 36.3. The molecule has 8 bridgehead atoms. The van der Waals surface area contributed by atoms with E-state index in [0.29, 0.717) is 22.8 Å². The van der Waals surface area contributed by atoms with E-state index in [-0.39, 0.29) is 5.41 Å². The van der Waals surface area contributed by atoms with E-state index in [1.807, 2.05) is 125 Å². The smallest absolute Gasteiger partial charge is 0.384 e. The number of terminal acetylenes is 1. The molecule has 0 saturated carbocycles. The Labute approximate surface area is 294 Å². The normalized spacial score (nSPS) is 21.7. The van der Waals surface area contributed by atoms with E-state index in [4.69, 9.17) is 28.9 Å². The molecule has 7 aliphatic rings. The molecular formula is C41H50O6Si2. The van der Waals surface area contributed by atoms with Crippen LogP contribution in [0, 0.1) is 17.8 Å². The van der Waals surface area contributed by atoms with E-state index in [9.17, 15) is 5.11 Å². The molecule has 7 aliphatic heterocycles. The molecule has 0 spiro atoms. The zero-order valence-corrected chi connectivity index (χ0v) is 32.1. The summed E-state index contributed by atoms with van der Waals surface area (Å²) in [6.07, 6.45) is 9.75. The van der Waals surface area contributed by atoms with Crippen molar-refractivity contribution in [2.75, 3.05) is 0 Å². The summed E-state index contributed by atoms with van der Waals surface area (Å²) in [6.45, 7) is 16.7. The van der Waals surface area contributed by atoms with Gasteiger partial charge in [0.05, 0.1) is 0 Å². The van der Waals surface area contributed by atoms with E-state index in [0.717, 1.165) is 42.9 Å². The minimum atomic E-state index is -2.62. The topological polar surface area (TPSA) is 66.4 Å². The Morgan fingerprint density at radius 3 is 1.31 bits per heavy atom. The average Bonchev–Trinajstić information content (AvgIpc) is 3.04. The van der Waals surface area contributed by atoms with Crippen LogP contribution in [-0.4, -0.2) is 22.2 Å². The van der Waals surface area contributed by atoms with Crippen molar-refractivity contribution in [3.8, 4) is 46.8 Å². The number of hydrogen-bond acceptors (Lipinski definition) is 6. The molecule has 6 nitrogen and oxygen atoms in total. The summed E-state index contributed by atoms with van der Waals surface area (Å²) < 4.78 is 31.6. The van der Waals surface area contributed by atoms with Crippen molar-refractivity contribution in [1.82, 2.24) is 0 Å². The summed E-state index contributed by atoms with van der Waals surface area (Å²) in [6, 6.07) is 30.9. The van der Waals surface area contributed by atoms with Gasteiger partial charge in [-0.3, -0.25) is 0 Å². The van der Waals surface area contributed by atoms with Gasteiger partial charge < -0.3 is 27.5 Å². The number of ether oxygens (including phenoxy) is 2. The van der Waals surface area contributed by atoms with Gasteiger partial charge in [-0.25, -0.2) is 0 Å². The molecule has 0 saturated heterocycles. The molecule has 4 aromatic carbocycles. The molecule has 0 aromatic heterocycles. The van der Waals surface area contributed by atoms with Gasteiger partial charge in [-0.05, 0) is 128 Å². The molecule has 258 valence electrons. The Morgan fingerprint density at radius 1 is 0.551 bits per heavy atom. The van der Waals surface area contributed by atoms with Crippen molar-refractivity contribution in [2.45, 2.75) is 90.6 Å². The molecule has 8 heteroatoms. The molecule has 11 rings (SSSR count). The van der Waals surface area contributed by atoms with Crippen molar-refractivity contribution >= 4 is 17.1 Å². The molecule has 0 aliphatic carbocycles. The number of rotatable bonds is 0. The number of benzene rings is 4. The van der Waals surface area contributed by atoms with Gasteiger partial charge in [0.25, 0.3) is 0 Å². The molecule has 0 radical (unpaired) electrons. The van der Waals surface area contributed by atoms with Crippen LogP contribution in [0.3, 0.4) is 0 Å². The third-order valence-electron chi connectivity index (χ3n) is 9.29. The van der Waals surface area contributed by atoms with Gasteiger partial charge in [-0.2, -0.15) is 0 Å². The van der Waals surface area contributed by atoms with Crippen molar-refractivity contribution < 1.29 is 27.5 Å². The largest absolute Gasteiger partial charge is 0.521 e. The Hall–Kier alpha value is -4.01. The van der Waals surface area contributed by atoms with Gasteiger partial charge in [0, 0.05) is 5.41 Å². The second-order valence-corrected chi connectivity index (χ2v) is 22.0. The SMILES string of the molecule is C#CC1(O)c2ccc(cc2)Oc2ccc(cc2)O[Si](C)(C)O[Si](C)(C)Oc2ccc(cc2)Oc2ccc(cc2)C(C)(C)CCCCC1(C)C. The second-order valence-electron chi connectivity index (χ2n) is 15.1. The van der Waals surface area contributed by atoms with Crippen LogP contribution in [-0.2, 0) is 15.1 Å². The van der Waals surface area contributed by atoms with E-state index < -0.39 is 28.1 Å². The second kappa shape index (κ2) is 14.1. The van der Waals surface area contributed by atoms with Gasteiger partial charge in [-0.1, -0.05) is 70.7 Å². The predicted octanol–water partition coefficient (Wildman–Crippen LogP) is 10.8. The molecule has 1 N–H and O–H groups in total. The zero-order chi connectivity index (χ0) is 35.5. The summed E-state index contributed by atoms with van der Waals surface area (Å²) in [5.41, 5.74) is -0.0770. The fourth-order valence-electron chi connectivity index (χ4n) is 6.49. The lowest BCUT2D eigenvalue weighted by Gasteiger charge is -2.40. The van der Waals surface area contributed by atoms with Crippen LogP contribution in [0.15, 0.2) is 97.1 Å². The van der Waals surface area contributed by atoms with Crippen LogP contribution in [0.1, 0.15) is 64.5 Å². The summed E-state index contributed by atoms with van der Waals surface area (Å²) in [5.74, 6) is 6.97. The maximum atomic E-state index is 11.9. The van der Waals surface area contributed by atoms with Crippen LogP contribution in [0.4, 0.5) is 0 Å². The lowest BCUT2D eigenvalue weighted by atomic mass is 9.68. The zero-order valence-electron chi connectivity index (χ0n) is 30.1. The molecular weight excluding hydrogens is 645 g/mol. The highest BCUT2D eigenvalue weighted by Gasteiger charge is 2.43. The number of hydrogen-bond donors (Lipinski definition) is 1. The van der Waals surface area contributed by atoms with Crippen molar-refractivity contribution in [2.24, 2.45) is 5.41 Å². The third kappa shape index (κ3) is 8.97. The highest BCUT2D eigenvalue weighted by atomic mass is 28.5. The van der Waals surface area contributed by atoms with Gasteiger partial charge >= 0.3 is 17.1 Å². The van der Waals surface area contributed by atoms with E-state index in [1.54, 1.807) is 0 Å². The molecule has 1 unspecified atom stereocenters. The fourth-order valence-corrected chi connectivity index (χ4v) is 13.0.